The van der Waals surface area contributed by atoms with E-state index in [1.807, 2.05) is 0 Å². The highest BCUT2D eigenvalue weighted by molar-refractivity contribution is 9.11. The van der Waals surface area contributed by atoms with Gasteiger partial charge in [0.15, 0.2) is 0 Å². The molecule has 2 rings (SSSR count). The third-order valence-electron chi connectivity index (χ3n) is 2.45. The fourth-order valence-electron chi connectivity index (χ4n) is 1.55. The van der Waals surface area contributed by atoms with E-state index >= 15 is 0 Å². The summed E-state index contributed by atoms with van der Waals surface area (Å²) in [6.07, 6.45) is 0. The summed E-state index contributed by atoms with van der Waals surface area (Å²) < 4.78 is 1.25. The number of hydroxylamine groups is 2. The molecule has 0 saturated carbocycles. The predicted octanol–water partition coefficient (Wildman–Crippen LogP) is 3.57. The maximum Gasteiger partial charge on any atom is 0.0867 e. The van der Waals surface area contributed by atoms with Gasteiger partial charge in [-0.05, 0) is 57.8 Å². The van der Waals surface area contributed by atoms with Crippen molar-refractivity contribution >= 4 is 43.2 Å². The van der Waals surface area contributed by atoms with E-state index in [9.17, 15) is 10.4 Å². The van der Waals surface area contributed by atoms with Crippen molar-refractivity contribution in [2.75, 3.05) is 10.1 Å². The summed E-state index contributed by atoms with van der Waals surface area (Å²) in [5.41, 5.74) is -0.344. The molecule has 0 bridgehead atoms. The van der Waals surface area contributed by atoms with Gasteiger partial charge >= 0.3 is 0 Å². The lowest BCUT2D eigenvalue weighted by atomic mass is 10.2. The van der Waals surface area contributed by atoms with Gasteiger partial charge in [0.1, 0.15) is 0 Å². The summed E-state index contributed by atoms with van der Waals surface area (Å²) in [7, 11) is 0. The van der Waals surface area contributed by atoms with E-state index in [2.05, 4.69) is 31.9 Å². The van der Waals surface area contributed by atoms with Crippen molar-refractivity contribution in [3.63, 3.8) is 0 Å². The second kappa shape index (κ2) is 3.35. The van der Waals surface area contributed by atoms with Crippen molar-refractivity contribution < 1.29 is 0 Å². The normalized spacial score (nSPS) is 18.3. The largest absolute Gasteiger partial charge is 0.757 e. The quantitative estimate of drug-likeness (QED) is 0.727. The molecule has 0 amide bonds. The summed E-state index contributed by atoms with van der Waals surface area (Å²) in [6, 6.07) is 3.48. The molecule has 1 aliphatic heterocycles. The second-order valence-corrected chi connectivity index (χ2v) is 5.52. The third kappa shape index (κ3) is 1.39. The summed E-state index contributed by atoms with van der Waals surface area (Å²) in [6.45, 7) is 3.18. The minimum absolute atomic E-state index is 0.379. The van der Waals surface area contributed by atoms with Crippen LogP contribution >= 0.6 is 31.9 Å². The molecule has 82 valence electrons. The molecule has 0 radical (unpaired) electrons. The number of rotatable bonds is 0. The average Bonchev–Trinajstić information content (AvgIpc) is 2.35. The first-order valence-corrected chi connectivity index (χ1v) is 5.88. The molecule has 0 atom stereocenters. The summed E-state index contributed by atoms with van der Waals surface area (Å²) in [5, 5.41) is 25.3. The zero-order valence-corrected chi connectivity index (χ0v) is 11.3. The van der Waals surface area contributed by atoms with Gasteiger partial charge in [0, 0.05) is 8.95 Å². The zero-order valence-electron chi connectivity index (χ0n) is 8.12. The highest BCUT2D eigenvalue weighted by Gasteiger charge is 2.34. The van der Waals surface area contributed by atoms with E-state index in [0.29, 0.717) is 20.3 Å². The lowest BCUT2D eigenvalue weighted by molar-refractivity contribution is 0.533. The molecule has 0 unspecified atom stereocenters. The van der Waals surface area contributed by atoms with Gasteiger partial charge < -0.3 is 20.5 Å². The van der Waals surface area contributed by atoms with Gasteiger partial charge in [-0.2, -0.15) is 0 Å². The topological polar surface area (TPSA) is 52.6 Å². The first-order valence-electron chi connectivity index (χ1n) is 4.30. The van der Waals surface area contributed by atoms with E-state index in [-0.39, 0.29) is 0 Å². The Bertz CT molecular complexity index is 386. The van der Waals surface area contributed by atoms with Gasteiger partial charge in [-0.15, -0.1) is 0 Å². The molecule has 0 saturated heterocycles. The van der Waals surface area contributed by atoms with Gasteiger partial charge in [0.05, 0.1) is 17.0 Å². The average molecular weight is 336 g/mol. The number of fused-ring (bicyclic) bond motifs is 1. The minimum Gasteiger partial charge on any atom is -0.757 e. The van der Waals surface area contributed by atoms with Gasteiger partial charge in [-0.1, -0.05) is 0 Å². The highest BCUT2D eigenvalue weighted by Crippen LogP contribution is 2.51. The first-order chi connectivity index (χ1) is 6.87. The molecular formula is C9H8Br2N2O2-2. The Hall–Kier alpha value is -0.300. The van der Waals surface area contributed by atoms with Gasteiger partial charge in [0.2, 0.25) is 0 Å². The lowest BCUT2D eigenvalue weighted by Crippen LogP contribution is -2.47. The number of benzene rings is 1. The van der Waals surface area contributed by atoms with Crippen LogP contribution in [0.4, 0.5) is 11.4 Å². The van der Waals surface area contributed by atoms with Crippen molar-refractivity contribution in [1.82, 2.24) is 0 Å². The molecule has 1 aliphatic rings. The fraction of sp³-hybridized carbons (Fsp3) is 0.333. The van der Waals surface area contributed by atoms with Gasteiger partial charge in [-0.25, -0.2) is 0 Å². The molecule has 1 aromatic carbocycles. The standard InChI is InChI=1S/C9H8Br2N2O2/c1-9(2)12(14)7-5(10)3-4-6(11)8(7)13(9)15/h3-4H,1-2H3/q-2. The number of hydrogen-bond acceptors (Lipinski definition) is 4. The van der Waals surface area contributed by atoms with Crippen molar-refractivity contribution in [2.24, 2.45) is 0 Å². The molecule has 0 aliphatic carbocycles. The van der Waals surface area contributed by atoms with Crippen LogP contribution in [0.5, 0.6) is 0 Å². The highest BCUT2D eigenvalue weighted by atomic mass is 79.9. The number of anilines is 2. The Labute approximate surface area is 104 Å². The molecular weight excluding hydrogens is 328 g/mol. The second-order valence-electron chi connectivity index (χ2n) is 3.81. The molecule has 0 spiro atoms. The van der Waals surface area contributed by atoms with Crippen LogP contribution in [0.1, 0.15) is 13.8 Å². The monoisotopic (exact) mass is 334 g/mol. The minimum atomic E-state index is -1.10. The molecule has 1 aromatic rings. The zero-order chi connectivity index (χ0) is 11.4. The number of nitrogens with zero attached hydrogens (tertiary/aromatic N) is 2. The molecule has 6 heteroatoms. The molecule has 0 fully saturated rings. The van der Waals surface area contributed by atoms with E-state index in [1.165, 1.54) is 0 Å². The Balaban J connectivity index is 2.72. The van der Waals surface area contributed by atoms with Crippen molar-refractivity contribution in [2.45, 2.75) is 19.5 Å². The van der Waals surface area contributed by atoms with Crippen molar-refractivity contribution in [3.8, 4) is 0 Å². The Morgan fingerprint density at radius 2 is 1.33 bits per heavy atom. The molecule has 15 heavy (non-hydrogen) atoms. The number of halogens is 2. The first kappa shape index (κ1) is 11.2. The lowest BCUT2D eigenvalue weighted by Gasteiger charge is -2.48. The van der Waals surface area contributed by atoms with E-state index in [1.54, 1.807) is 26.0 Å². The van der Waals surface area contributed by atoms with Crippen LogP contribution in [0, 0.1) is 10.4 Å². The number of hydrogen-bond donors (Lipinski definition) is 0. The van der Waals surface area contributed by atoms with Crippen molar-refractivity contribution in [3.05, 3.63) is 31.5 Å². The van der Waals surface area contributed by atoms with Gasteiger partial charge in [-0.3, -0.25) is 0 Å². The Morgan fingerprint density at radius 1 is 1.00 bits per heavy atom. The molecule has 0 aromatic heterocycles. The van der Waals surface area contributed by atoms with Crippen LogP contribution in [0.2, 0.25) is 0 Å². The summed E-state index contributed by atoms with van der Waals surface area (Å²) in [4.78, 5) is 0. The van der Waals surface area contributed by atoms with E-state index in [4.69, 9.17) is 0 Å². The van der Waals surface area contributed by atoms with Crippen LogP contribution in [-0.4, -0.2) is 5.66 Å². The molecule has 4 nitrogen and oxygen atoms in total. The predicted molar refractivity (Wildman–Crippen MR) is 67.6 cm³/mol. The van der Waals surface area contributed by atoms with E-state index in [0.717, 1.165) is 10.1 Å². The third-order valence-corrected chi connectivity index (χ3v) is 3.73. The Kier molecular flexibility index (Phi) is 2.50. The van der Waals surface area contributed by atoms with Crippen LogP contribution in [-0.2, 0) is 0 Å². The summed E-state index contributed by atoms with van der Waals surface area (Å²) in [5.74, 6) is 0. The molecule has 0 N–H and O–H groups in total. The maximum absolute atomic E-state index is 11.9. The SMILES string of the molecule is CC1(C)N([O-])c2c(Br)ccc(Br)c2N1[O-]. The maximum atomic E-state index is 11.9. The molecule has 1 heterocycles. The smallest absolute Gasteiger partial charge is 0.0867 e. The van der Waals surface area contributed by atoms with Crippen molar-refractivity contribution in [1.29, 1.82) is 0 Å². The van der Waals surface area contributed by atoms with Crippen LogP contribution in [0.25, 0.3) is 0 Å². The Morgan fingerprint density at radius 3 is 1.67 bits per heavy atom. The van der Waals surface area contributed by atoms with Crippen LogP contribution in [0.15, 0.2) is 21.1 Å². The van der Waals surface area contributed by atoms with Gasteiger partial charge in [0.25, 0.3) is 0 Å². The van der Waals surface area contributed by atoms with Crippen LogP contribution < -0.4 is 10.1 Å². The van der Waals surface area contributed by atoms with Crippen LogP contribution in [0.3, 0.4) is 0 Å². The summed E-state index contributed by atoms with van der Waals surface area (Å²) >= 11 is 6.55. The fourth-order valence-corrected chi connectivity index (χ4v) is 2.51. The van der Waals surface area contributed by atoms with E-state index < -0.39 is 5.66 Å².